The average molecular weight is 440 g/mol. The van der Waals surface area contributed by atoms with Crippen LogP contribution in [-0.4, -0.2) is 47.6 Å². The lowest BCUT2D eigenvalue weighted by molar-refractivity contribution is -0.130. The van der Waals surface area contributed by atoms with Crippen LogP contribution in [0.1, 0.15) is 62.2 Å². The van der Waals surface area contributed by atoms with Gasteiger partial charge in [-0.15, -0.1) is 0 Å². The Morgan fingerprint density at radius 1 is 1.22 bits per heavy atom. The lowest BCUT2D eigenvalue weighted by atomic mass is 9.88. The first kappa shape index (κ1) is 22.4. The van der Waals surface area contributed by atoms with E-state index in [1.54, 1.807) is 12.0 Å². The van der Waals surface area contributed by atoms with Crippen molar-refractivity contribution in [2.24, 2.45) is 11.8 Å². The molecule has 2 atom stereocenters. The Kier molecular flexibility index (Phi) is 6.26. The van der Waals surface area contributed by atoms with Crippen LogP contribution in [0.4, 0.5) is 0 Å². The van der Waals surface area contributed by atoms with E-state index >= 15 is 0 Å². The maximum absolute atomic E-state index is 13.7. The smallest absolute Gasteiger partial charge is 0.277 e. The maximum atomic E-state index is 13.7. The first-order chi connectivity index (χ1) is 15.3. The van der Waals surface area contributed by atoms with Crippen LogP contribution in [0.5, 0.6) is 5.75 Å². The van der Waals surface area contributed by atoms with E-state index in [-0.39, 0.29) is 23.8 Å². The van der Waals surface area contributed by atoms with Crippen LogP contribution in [0.25, 0.3) is 11.3 Å². The van der Waals surface area contributed by atoms with Gasteiger partial charge in [0.15, 0.2) is 11.5 Å². The highest BCUT2D eigenvalue weighted by Crippen LogP contribution is 2.37. The van der Waals surface area contributed by atoms with Gasteiger partial charge in [-0.2, -0.15) is 0 Å². The van der Waals surface area contributed by atoms with Gasteiger partial charge in [-0.3, -0.25) is 9.59 Å². The van der Waals surface area contributed by atoms with Gasteiger partial charge in [0.05, 0.1) is 7.11 Å². The molecule has 1 N–H and O–H groups in total. The third-order valence-corrected chi connectivity index (χ3v) is 6.35. The molecule has 0 bridgehead atoms. The Bertz CT molecular complexity index is 1010. The number of nitrogens with one attached hydrogen (secondary N) is 1. The molecular weight excluding hydrogens is 406 g/mol. The molecule has 7 nitrogen and oxygen atoms in total. The van der Waals surface area contributed by atoms with Gasteiger partial charge >= 0.3 is 0 Å². The van der Waals surface area contributed by atoms with Gasteiger partial charge in [-0.25, -0.2) is 0 Å². The van der Waals surface area contributed by atoms with Gasteiger partial charge < -0.3 is 19.5 Å². The summed E-state index contributed by atoms with van der Waals surface area (Å²) in [5, 5.41) is 7.34. The molecule has 32 heavy (non-hydrogen) atoms. The van der Waals surface area contributed by atoms with Crippen molar-refractivity contribution in [2.45, 2.75) is 65.5 Å². The summed E-state index contributed by atoms with van der Waals surface area (Å²) in [5.41, 5.74) is 3.25. The minimum atomic E-state index is -0.488. The Balaban J connectivity index is 1.66. The summed E-state index contributed by atoms with van der Waals surface area (Å²) in [6, 6.07) is 5.32. The van der Waals surface area contributed by atoms with Crippen molar-refractivity contribution in [3.05, 3.63) is 35.0 Å². The lowest BCUT2D eigenvalue weighted by Crippen LogP contribution is -2.62. The van der Waals surface area contributed by atoms with Gasteiger partial charge in [0.1, 0.15) is 11.8 Å². The zero-order valence-corrected chi connectivity index (χ0v) is 19.6. The number of carbonyl (C=O) groups is 2. The van der Waals surface area contributed by atoms with Crippen LogP contribution >= 0.6 is 0 Å². The monoisotopic (exact) mass is 439 g/mol. The average Bonchev–Trinajstić information content (AvgIpc) is 3.18. The quantitative estimate of drug-likeness (QED) is 0.739. The highest BCUT2D eigenvalue weighted by molar-refractivity contribution is 5.99. The fraction of sp³-hybridized carbons (Fsp3) is 0.560. The fourth-order valence-corrected chi connectivity index (χ4v) is 4.90. The largest absolute Gasteiger partial charge is 0.497 e. The number of hydrogen-bond donors (Lipinski definition) is 1. The van der Waals surface area contributed by atoms with Gasteiger partial charge in [-0.05, 0) is 61.3 Å². The fourth-order valence-electron chi connectivity index (χ4n) is 4.90. The minimum absolute atomic E-state index is 0.0502. The van der Waals surface area contributed by atoms with Crippen molar-refractivity contribution in [2.75, 3.05) is 13.7 Å². The second kappa shape index (κ2) is 8.96. The third-order valence-electron chi connectivity index (χ3n) is 6.35. The maximum Gasteiger partial charge on any atom is 0.277 e. The molecule has 1 aliphatic heterocycles. The first-order valence-electron chi connectivity index (χ1n) is 11.6. The van der Waals surface area contributed by atoms with Gasteiger partial charge in [0.25, 0.3) is 5.91 Å². The lowest BCUT2D eigenvalue weighted by Gasteiger charge is -2.40. The Morgan fingerprint density at radius 2 is 1.97 bits per heavy atom. The van der Waals surface area contributed by atoms with Crippen molar-refractivity contribution >= 4 is 11.8 Å². The summed E-state index contributed by atoms with van der Waals surface area (Å²) in [5.74, 6) is 1.89. The number of amides is 2. The summed E-state index contributed by atoms with van der Waals surface area (Å²) in [6.45, 7) is 8.88. The number of nitrogens with zero attached hydrogens (tertiary/aromatic N) is 2. The number of piperazine rings is 1. The van der Waals surface area contributed by atoms with Crippen LogP contribution < -0.4 is 10.1 Å². The van der Waals surface area contributed by atoms with E-state index < -0.39 is 6.04 Å². The Labute approximate surface area is 189 Å². The molecule has 4 rings (SSSR count). The number of aryl methyl sites for hydroxylation is 1. The van der Waals surface area contributed by atoms with Crippen molar-refractivity contribution < 1.29 is 18.8 Å². The highest BCUT2D eigenvalue weighted by atomic mass is 16.5. The van der Waals surface area contributed by atoms with Crippen LogP contribution in [0.15, 0.2) is 22.7 Å². The Morgan fingerprint density at radius 3 is 2.66 bits per heavy atom. The van der Waals surface area contributed by atoms with E-state index in [9.17, 15) is 9.59 Å². The van der Waals surface area contributed by atoms with Crippen LogP contribution in [0, 0.1) is 11.8 Å². The number of fused-ring (bicyclic) bond motifs is 3. The topological polar surface area (TPSA) is 84.7 Å². The molecule has 2 heterocycles. The number of carbonyl (C=O) groups excluding carboxylic acids is 2. The summed E-state index contributed by atoms with van der Waals surface area (Å²) >= 11 is 0. The predicted octanol–water partition coefficient (Wildman–Crippen LogP) is 3.85. The van der Waals surface area contributed by atoms with Gasteiger partial charge in [0.2, 0.25) is 5.91 Å². The first-order valence-corrected chi connectivity index (χ1v) is 11.6. The molecule has 2 aliphatic rings. The minimum Gasteiger partial charge on any atom is -0.497 e. The molecule has 0 radical (unpaired) electrons. The van der Waals surface area contributed by atoms with E-state index in [1.807, 2.05) is 18.2 Å². The van der Waals surface area contributed by atoms with E-state index in [2.05, 4.69) is 38.2 Å². The molecule has 7 heteroatoms. The molecule has 2 unspecified atom stereocenters. The molecular formula is C25H33N3O4. The van der Waals surface area contributed by atoms with E-state index in [0.29, 0.717) is 36.8 Å². The molecule has 172 valence electrons. The number of aromatic nitrogens is 1. The zero-order chi connectivity index (χ0) is 23.0. The number of benzene rings is 1. The predicted molar refractivity (Wildman–Crippen MR) is 122 cm³/mol. The molecule has 2 aromatic rings. The summed E-state index contributed by atoms with van der Waals surface area (Å²) in [4.78, 5) is 28.4. The number of hydrogen-bond acceptors (Lipinski definition) is 5. The summed E-state index contributed by atoms with van der Waals surface area (Å²) < 4.78 is 11.0. The standard InChI is InChI=1S/C25H33N3O4/c1-14(2)10-17-13-28(21(11-15(3)4)24(29)26-17)25(30)22-20-8-6-16-12-18(31-5)7-9-19(16)23(20)32-27-22/h7,9,12,14-15,17,21H,6,8,10-11,13H2,1-5H3,(H,26,29). The SMILES string of the molecule is COc1ccc2c(c1)CCc1c(C(=O)N3CC(CC(C)C)NC(=O)C3CC(C)C)noc1-2. The van der Waals surface area contributed by atoms with Gasteiger partial charge in [0, 0.05) is 23.7 Å². The number of ether oxygens (including phenoxy) is 1. The molecule has 1 saturated heterocycles. The third kappa shape index (κ3) is 4.25. The second-order valence-electron chi connectivity index (χ2n) is 9.80. The van der Waals surface area contributed by atoms with Crippen LogP contribution in [0.3, 0.4) is 0 Å². The van der Waals surface area contributed by atoms with E-state index in [1.165, 1.54) is 0 Å². The van der Waals surface area contributed by atoms with Crippen molar-refractivity contribution in [1.82, 2.24) is 15.4 Å². The van der Waals surface area contributed by atoms with Crippen molar-refractivity contribution in [1.29, 1.82) is 0 Å². The van der Waals surface area contributed by atoms with Crippen LogP contribution in [-0.2, 0) is 17.6 Å². The molecule has 2 amide bonds. The zero-order valence-electron chi connectivity index (χ0n) is 19.6. The highest BCUT2D eigenvalue weighted by Gasteiger charge is 2.40. The molecule has 1 aliphatic carbocycles. The molecule has 0 spiro atoms. The van der Waals surface area contributed by atoms with Crippen molar-refractivity contribution in [3.8, 4) is 17.1 Å². The number of rotatable bonds is 6. The summed E-state index contributed by atoms with van der Waals surface area (Å²) in [7, 11) is 1.65. The molecule has 0 saturated carbocycles. The van der Waals surface area contributed by atoms with Crippen molar-refractivity contribution in [3.63, 3.8) is 0 Å². The molecule has 1 fully saturated rings. The van der Waals surface area contributed by atoms with Crippen LogP contribution in [0.2, 0.25) is 0 Å². The Hall–Kier alpha value is -2.83. The van der Waals surface area contributed by atoms with E-state index in [4.69, 9.17) is 9.26 Å². The molecule has 1 aromatic carbocycles. The van der Waals surface area contributed by atoms with Gasteiger partial charge in [-0.1, -0.05) is 32.9 Å². The number of methoxy groups -OCH3 is 1. The van der Waals surface area contributed by atoms with E-state index in [0.717, 1.165) is 35.3 Å². The summed E-state index contributed by atoms with van der Waals surface area (Å²) in [6.07, 6.45) is 2.90. The normalized spacial score (nSPS) is 20.2. The second-order valence-corrected chi connectivity index (χ2v) is 9.80. The molecule has 1 aromatic heterocycles.